The molecule has 0 unspecified atom stereocenters. The molecular weight excluding hydrogens is 254 g/mol. The van der Waals surface area contributed by atoms with Gasteiger partial charge >= 0.3 is 0 Å². The Bertz CT molecular complexity index is 479. The van der Waals surface area contributed by atoms with Gasteiger partial charge in [-0.3, -0.25) is 0 Å². The van der Waals surface area contributed by atoms with Gasteiger partial charge in [-0.25, -0.2) is 13.1 Å². The zero-order valence-corrected chi connectivity index (χ0v) is 12.0. The second-order valence-corrected chi connectivity index (χ2v) is 6.50. The van der Waals surface area contributed by atoms with Crippen LogP contribution >= 0.6 is 0 Å². The van der Waals surface area contributed by atoms with Gasteiger partial charge in [0.05, 0.1) is 17.0 Å². The second kappa shape index (κ2) is 5.83. The van der Waals surface area contributed by atoms with Gasteiger partial charge in [-0.05, 0) is 27.0 Å². The van der Waals surface area contributed by atoms with E-state index in [1.807, 2.05) is 0 Å². The van der Waals surface area contributed by atoms with Gasteiger partial charge in [-0.15, -0.1) is 0 Å². The maximum absolute atomic E-state index is 12.1. The molecule has 1 heterocycles. The van der Waals surface area contributed by atoms with E-state index >= 15 is 0 Å². The molecule has 0 aliphatic heterocycles. The first-order valence-corrected chi connectivity index (χ1v) is 7.14. The Labute approximate surface area is 108 Å². The Hall–Kier alpha value is -0.890. The van der Waals surface area contributed by atoms with Crippen molar-refractivity contribution in [2.45, 2.75) is 30.8 Å². The van der Waals surface area contributed by atoms with E-state index < -0.39 is 15.6 Å². The van der Waals surface area contributed by atoms with Crippen LogP contribution in [-0.2, 0) is 21.3 Å². The summed E-state index contributed by atoms with van der Waals surface area (Å²) in [7, 11) is -0.187. The molecule has 1 rings (SSSR count). The van der Waals surface area contributed by atoms with Gasteiger partial charge in [0.25, 0.3) is 0 Å². The number of H-pyrrole nitrogens is 1. The smallest absolute Gasteiger partial charge is 0.242 e. The minimum absolute atomic E-state index is 0.233. The summed E-state index contributed by atoms with van der Waals surface area (Å²) in [6.07, 6.45) is 1.48. The number of aromatic amines is 1. The summed E-state index contributed by atoms with van der Waals surface area (Å²) in [4.78, 5) is 3.15. The first-order valence-electron chi connectivity index (χ1n) is 5.65. The van der Waals surface area contributed by atoms with Crippen molar-refractivity contribution in [3.63, 3.8) is 0 Å². The van der Waals surface area contributed by atoms with Gasteiger partial charge in [0.15, 0.2) is 0 Å². The van der Waals surface area contributed by atoms with Crippen molar-refractivity contribution in [1.82, 2.24) is 15.0 Å². The lowest BCUT2D eigenvalue weighted by molar-refractivity contribution is 0.141. The summed E-state index contributed by atoms with van der Waals surface area (Å²) >= 11 is 0. The van der Waals surface area contributed by atoms with Gasteiger partial charge in [-0.1, -0.05) is 0 Å². The van der Waals surface area contributed by atoms with Gasteiger partial charge in [0.1, 0.15) is 0 Å². The van der Waals surface area contributed by atoms with E-state index in [1.54, 1.807) is 27.0 Å². The van der Waals surface area contributed by atoms with Crippen LogP contribution in [-0.4, -0.2) is 39.7 Å². The first-order chi connectivity index (χ1) is 8.30. The van der Waals surface area contributed by atoms with Crippen LogP contribution in [0.4, 0.5) is 0 Å². The highest BCUT2D eigenvalue weighted by Crippen LogP contribution is 2.14. The SMILES string of the molecule is CNCc1cc(S(=O)(=O)NC(C)(C)COC)c[nH]1. The van der Waals surface area contributed by atoms with Crippen molar-refractivity contribution in [2.24, 2.45) is 0 Å². The van der Waals surface area contributed by atoms with Crippen LogP contribution in [0.5, 0.6) is 0 Å². The molecule has 6 nitrogen and oxygen atoms in total. The summed E-state index contributed by atoms with van der Waals surface area (Å²) in [5, 5.41) is 2.95. The topological polar surface area (TPSA) is 83.2 Å². The number of sulfonamides is 1. The minimum Gasteiger partial charge on any atom is -0.383 e. The highest BCUT2D eigenvalue weighted by atomic mass is 32.2. The predicted octanol–water partition coefficient (Wildman–Crippen LogP) is 0.437. The molecular formula is C11H21N3O3S. The molecule has 0 aliphatic rings. The zero-order chi connectivity index (χ0) is 13.8. The van der Waals surface area contributed by atoms with Crippen LogP contribution in [0.2, 0.25) is 0 Å². The quantitative estimate of drug-likeness (QED) is 0.674. The fraction of sp³-hybridized carbons (Fsp3) is 0.636. The third kappa shape index (κ3) is 4.09. The van der Waals surface area contributed by atoms with Crippen LogP contribution < -0.4 is 10.0 Å². The molecule has 0 spiro atoms. The minimum atomic E-state index is -3.53. The zero-order valence-electron chi connectivity index (χ0n) is 11.2. The largest absolute Gasteiger partial charge is 0.383 e. The molecule has 0 saturated carbocycles. The lowest BCUT2D eigenvalue weighted by atomic mass is 10.1. The first kappa shape index (κ1) is 15.2. The number of ether oxygens (including phenoxy) is 1. The van der Waals surface area contributed by atoms with Crippen LogP contribution in [0.15, 0.2) is 17.2 Å². The lowest BCUT2D eigenvalue weighted by Gasteiger charge is -2.24. The van der Waals surface area contributed by atoms with Crippen molar-refractivity contribution in [3.05, 3.63) is 18.0 Å². The highest BCUT2D eigenvalue weighted by molar-refractivity contribution is 7.89. The predicted molar refractivity (Wildman–Crippen MR) is 69.8 cm³/mol. The average Bonchev–Trinajstić information content (AvgIpc) is 2.65. The van der Waals surface area contributed by atoms with Gasteiger partial charge in [0.2, 0.25) is 10.0 Å². The molecule has 18 heavy (non-hydrogen) atoms. The van der Waals surface area contributed by atoms with Crippen LogP contribution in [0.3, 0.4) is 0 Å². The Morgan fingerprint density at radius 1 is 1.44 bits per heavy atom. The summed E-state index contributed by atoms with van der Waals surface area (Å²) in [6.45, 7) is 4.45. The van der Waals surface area contributed by atoms with Gasteiger partial charge in [0, 0.05) is 25.5 Å². The molecule has 0 atom stereocenters. The molecule has 0 aromatic carbocycles. The molecule has 3 N–H and O–H groups in total. The highest BCUT2D eigenvalue weighted by Gasteiger charge is 2.26. The summed E-state index contributed by atoms with van der Waals surface area (Å²) < 4.78 is 31.9. The molecule has 1 aromatic rings. The number of hydrogen-bond acceptors (Lipinski definition) is 4. The molecule has 0 bridgehead atoms. The molecule has 0 fully saturated rings. The fourth-order valence-corrected chi connectivity index (χ4v) is 3.10. The van der Waals surface area contributed by atoms with Crippen molar-refractivity contribution >= 4 is 10.0 Å². The third-order valence-corrected chi connectivity index (χ3v) is 3.99. The van der Waals surface area contributed by atoms with Crippen molar-refractivity contribution in [2.75, 3.05) is 20.8 Å². The van der Waals surface area contributed by atoms with Crippen molar-refractivity contribution in [1.29, 1.82) is 0 Å². The van der Waals surface area contributed by atoms with Gasteiger partial charge in [-0.2, -0.15) is 0 Å². The summed E-state index contributed by atoms with van der Waals surface area (Å²) in [6, 6.07) is 1.61. The molecule has 1 aromatic heterocycles. The molecule has 7 heteroatoms. The maximum Gasteiger partial charge on any atom is 0.242 e. The number of methoxy groups -OCH3 is 1. The van der Waals surface area contributed by atoms with Crippen LogP contribution in [0, 0.1) is 0 Å². The summed E-state index contributed by atoms with van der Waals surface area (Å²) in [5.74, 6) is 0. The molecule has 104 valence electrons. The molecule has 0 saturated heterocycles. The van der Waals surface area contributed by atoms with E-state index in [0.29, 0.717) is 13.2 Å². The number of nitrogens with one attached hydrogen (secondary N) is 3. The number of rotatable bonds is 7. The molecule has 0 aliphatic carbocycles. The number of hydrogen-bond donors (Lipinski definition) is 3. The van der Waals surface area contributed by atoms with E-state index in [2.05, 4.69) is 15.0 Å². The Balaban J connectivity index is 2.85. The van der Waals surface area contributed by atoms with E-state index in [-0.39, 0.29) is 4.90 Å². The van der Waals surface area contributed by atoms with E-state index in [4.69, 9.17) is 4.74 Å². The summed E-state index contributed by atoms with van der Waals surface area (Å²) in [5.41, 5.74) is 0.177. The monoisotopic (exact) mass is 275 g/mol. The van der Waals surface area contributed by atoms with Crippen molar-refractivity contribution < 1.29 is 13.2 Å². The van der Waals surface area contributed by atoms with E-state index in [0.717, 1.165) is 5.69 Å². The van der Waals surface area contributed by atoms with E-state index in [9.17, 15) is 8.42 Å². The Morgan fingerprint density at radius 2 is 2.11 bits per heavy atom. The van der Waals surface area contributed by atoms with Crippen LogP contribution in [0.25, 0.3) is 0 Å². The maximum atomic E-state index is 12.1. The lowest BCUT2D eigenvalue weighted by Crippen LogP contribution is -2.46. The van der Waals surface area contributed by atoms with E-state index in [1.165, 1.54) is 13.3 Å². The fourth-order valence-electron chi connectivity index (χ4n) is 1.68. The molecule has 0 radical (unpaired) electrons. The Morgan fingerprint density at radius 3 is 2.67 bits per heavy atom. The van der Waals surface area contributed by atoms with Crippen molar-refractivity contribution in [3.8, 4) is 0 Å². The van der Waals surface area contributed by atoms with Gasteiger partial charge < -0.3 is 15.0 Å². The molecule has 0 amide bonds. The number of aromatic nitrogens is 1. The Kier molecular flexibility index (Phi) is 4.92. The standard InChI is InChI=1S/C11H21N3O3S/c1-11(2,8-17-4)14-18(15,16)10-5-9(6-12-3)13-7-10/h5,7,12-14H,6,8H2,1-4H3. The second-order valence-electron chi connectivity index (χ2n) is 4.81. The third-order valence-electron chi connectivity index (χ3n) is 2.31. The normalized spacial score (nSPS) is 12.9. The average molecular weight is 275 g/mol. The van der Waals surface area contributed by atoms with Crippen LogP contribution in [0.1, 0.15) is 19.5 Å².